The van der Waals surface area contributed by atoms with E-state index >= 15 is 0 Å². The number of aromatic nitrogens is 1. The van der Waals surface area contributed by atoms with Gasteiger partial charge in [-0.3, -0.25) is 0 Å². The fourth-order valence-electron chi connectivity index (χ4n) is 2.54. The molecule has 3 aromatic rings. The fourth-order valence-corrected chi connectivity index (χ4v) is 2.86. The van der Waals surface area contributed by atoms with Gasteiger partial charge in [0.05, 0.1) is 23.4 Å². The van der Waals surface area contributed by atoms with Crippen molar-refractivity contribution in [1.29, 1.82) is 0 Å². The zero-order valence-electron chi connectivity index (χ0n) is 13.4. The molecule has 5 nitrogen and oxygen atoms in total. The molecule has 1 heterocycles. The third-order valence-corrected chi connectivity index (χ3v) is 4.44. The molecule has 0 saturated carbocycles. The first kappa shape index (κ1) is 17.3. The molecule has 0 aliphatic rings. The number of ether oxygens (including phenoxy) is 1. The van der Waals surface area contributed by atoms with Crippen LogP contribution in [0.2, 0.25) is 10.0 Å². The van der Waals surface area contributed by atoms with Crippen molar-refractivity contribution in [2.24, 2.45) is 5.10 Å². The molecule has 0 aliphatic heterocycles. The van der Waals surface area contributed by atoms with E-state index in [4.69, 9.17) is 23.2 Å². The van der Waals surface area contributed by atoms with Crippen molar-refractivity contribution >= 4 is 46.4 Å². The van der Waals surface area contributed by atoms with Gasteiger partial charge >= 0.3 is 6.09 Å². The average molecular weight is 376 g/mol. The number of nitrogens with zero attached hydrogens (tertiary/aromatic N) is 2. The highest BCUT2D eigenvalue weighted by Gasteiger charge is 2.08. The van der Waals surface area contributed by atoms with Gasteiger partial charge in [0.25, 0.3) is 0 Å². The number of nitrogens with one attached hydrogen (secondary N) is 1. The van der Waals surface area contributed by atoms with Crippen molar-refractivity contribution in [1.82, 2.24) is 9.99 Å². The van der Waals surface area contributed by atoms with Gasteiger partial charge in [0.2, 0.25) is 0 Å². The lowest BCUT2D eigenvalue weighted by Gasteiger charge is -2.06. The summed E-state index contributed by atoms with van der Waals surface area (Å²) < 4.78 is 6.58. The molecule has 0 aliphatic carbocycles. The van der Waals surface area contributed by atoms with Crippen molar-refractivity contribution in [3.63, 3.8) is 0 Å². The number of carbonyl (C=O) groups excluding carboxylic acids is 1. The average Bonchev–Trinajstić information content (AvgIpc) is 2.96. The quantitative estimate of drug-likeness (QED) is 0.531. The molecular formula is C18H15Cl2N3O2. The smallest absolute Gasteiger partial charge is 0.427 e. The number of hydrogen-bond acceptors (Lipinski definition) is 3. The molecular weight excluding hydrogens is 361 g/mol. The van der Waals surface area contributed by atoms with Gasteiger partial charge in [0, 0.05) is 29.2 Å². The predicted octanol–water partition coefficient (Wildman–Crippen LogP) is 4.69. The molecule has 1 amide bonds. The molecule has 0 spiro atoms. The highest BCUT2D eigenvalue weighted by molar-refractivity contribution is 6.42. The topological polar surface area (TPSA) is 55.6 Å². The molecule has 7 heteroatoms. The van der Waals surface area contributed by atoms with Crippen molar-refractivity contribution < 1.29 is 9.53 Å². The molecule has 0 bridgehead atoms. The van der Waals surface area contributed by atoms with E-state index in [2.05, 4.69) is 19.8 Å². The van der Waals surface area contributed by atoms with E-state index in [9.17, 15) is 4.79 Å². The van der Waals surface area contributed by atoms with Crippen LogP contribution in [0, 0.1) is 0 Å². The SMILES string of the molecule is COC(=O)N/N=C\c1cn(Cc2ccc(Cl)c(Cl)c2)c2ccccc12. The molecule has 0 unspecified atom stereocenters. The molecule has 2 aromatic carbocycles. The zero-order chi connectivity index (χ0) is 17.8. The second kappa shape index (κ2) is 7.59. The number of hydrogen-bond donors (Lipinski definition) is 1. The van der Waals surface area contributed by atoms with Crippen LogP contribution in [0.4, 0.5) is 4.79 Å². The van der Waals surface area contributed by atoms with E-state index in [0.717, 1.165) is 22.0 Å². The summed E-state index contributed by atoms with van der Waals surface area (Å²) in [6.45, 7) is 0.635. The van der Waals surface area contributed by atoms with Gasteiger partial charge < -0.3 is 9.30 Å². The molecule has 1 aromatic heterocycles. The van der Waals surface area contributed by atoms with Crippen LogP contribution in [0.1, 0.15) is 11.1 Å². The predicted molar refractivity (Wildman–Crippen MR) is 101 cm³/mol. The normalized spacial score (nSPS) is 11.2. The first-order valence-electron chi connectivity index (χ1n) is 7.47. The Morgan fingerprint density at radius 2 is 2.04 bits per heavy atom. The van der Waals surface area contributed by atoms with Gasteiger partial charge in [-0.15, -0.1) is 0 Å². The minimum atomic E-state index is -0.615. The second-order valence-electron chi connectivity index (χ2n) is 5.34. The van der Waals surface area contributed by atoms with E-state index < -0.39 is 6.09 Å². The van der Waals surface area contributed by atoms with E-state index in [1.807, 2.05) is 42.6 Å². The van der Waals surface area contributed by atoms with Crippen LogP contribution in [0.5, 0.6) is 0 Å². The minimum absolute atomic E-state index is 0.527. The number of benzene rings is 2. The van der Waals surface area contributed by atoms with Gasteiger partial charge in [-0.2, -0.15) is 5.10 Å². The van der Waals surface area contributed by atoms with Crippen LogP contribution in [0.3, 0.4) is 0 Å². The Morgan fingerprint density at radius 1 is 1.24 bits per heavy atom. The van der Waals surface area contributed by atoms with Gasteiger partial charge in [-0.05, 0) is 23.8 Å². The van der Waals surface area contributed by atoms with E-state index in [1.165, 1.54) is 7.11 Å². The summed E-state index contributed by atoms with van der Waals surface area (Å²) in [5, 5.41) is 5.99. The summed E-state index contributed by atoms with van der Waals surface area (Å²) in [6, 6.07) is 13.5. The Morgan fingerprint density at radius 3 is 2.80 bits per heavy atom. The molecule has 25 heavy (non-hydrogen) atoms. The number of carbonyl (C=O) groups is 1. The fraction of sp³-hybridized carbons (Fsp3) is 0.111. The molecule has 0 atom stereocenters. The minimum Gasteiger partial charge on any atom is -0.452 e. The number of rotatable bonds is 4. The number of amides is 1. The second-order valence-corrected chi connectivity index (χ2v) is 6.15. The molecule has 1 N–H and O–H groups in total. The van der Waals surface area contributed by atoms with Crippen molar-refractivity contribution in [2.45, 2.75) is 6.54 Å². The largest absolute Gasteiger partial charge is 0.452 e. The van der Waals surface area contributed by atoms with Crippen LogP contribution >= 0.6 is 23.2 Å². The number of para-hydroxylation sites is 1. The zero-order valence-corrected chi connectivity index (χ0v) is 14.9. The Kier molecular flexibility index (Phi) is 5.26. The van der Waals surface area contributed by atoms with Gasteiger partial charge in [0.1, 0.15) is 0 Å². The van der Waals surface area contributed by atoms with Crippen molar-refractivity contribution in [3.8, 4) is 0 Å². The van der Waals surface area contributed by atoms with Crippen LogP contribution < -0.4 is 5.43 Å². The van der Waals surface area contributed by atoms with Crippen LogP contribution in [0.15, 0.2) is 53.8 Å². The number of methoxy groups -OCH3 is 1. The lowest BCUT2D eigenvalue weighted by Crippen LogP contribution is -2.16. The Labute approximate surface area is 154 Å². The summed E-state index contributed by atoms with van der Waals surface area (Å²) in [4.78, 5) is 11.1. The summed E-state index contributed by atoms with van der Waals surface area (Å²) in [6.07, 6.45) is 2.94. The summed E-state index contributed by atoms with van der Waals surface area (Å²) >= 11 is 12.1. The van der Waals surface area contributed by atoms with Crippen molar-refractivity contribution in [2.75, 3.05) is 7.11 Å². The number of fused-ring (bicyclic) bond motifs is 1. The summed E-state index contributed by atoms with van der Waals surface area (Å²) in [7, 11) is 1.29. The lowest BCUT2D eigenvalue weighted by atomic mass is 10.2. The first-order chi connectivity index (χ1) is 12.1. The molecule has 0 fully saturated rings. The Bertz CT molecular complexity index is 951. The van der Waals surface area contributed by atoms with E-state index in [1.54, 1.807) is 12.3 Å². The van der Waals surface area contributed by atoms with E-state index in [-0.39, 0.29) is 0 Å². The molecule has 0 radical (unpaired) electrons. The number of halogens is 2. The summed E-state index contributed by atoms with van der Waals surface area (Å²) in [5.74, 6) is 0. The van der Waals surface area contributed by atoms with Crippen molar-refractivity contribution in [3.05, 3.63) is 69.8 Å². The molecule has 128 valence electrons. The Balaban J connectivity index is 1.93. The van der Waals surface area contributed by atoms with Gasteiger partial charge in [0.15, 0.2) is 0 Å². The maximum atomic E-state index is 11.1. The highest BCUT2D eigenvalue weighted by atomic mass is 35.5. The standard InChI is InChI=1S/C18H15Cl2N3O2/c1-25-18(24)22-21-9-13-11-23(17-5-3-2-4-14(13)17)10-12-6-7-15(19)16(20)8-12/h2-9,11H,10H2,1H3,(H,22,24)/b21-9-. The third-order valence-electron chi connectivity index (χ3n) is 3.70. The van der Waals surface area contributed by atoms with Gasteiger partial charge in [-0.1, -0.05) is 47.5 Å². The highest BCUT2D eigenvalue weighted by Crippen LogP contribution is 2.25. The molecule has 0 saturated heterocycles. The van der Waals surface area contributed by atoms with Crippen LogP contribution in [-0.4, -0.2) is 24.0 Å². The van der Waals surface area contributed by atoms with Gasteiger partial charge in [-0.25, -0.2) is 10.2 Å². The van der Waals surface area contributed by atoms with E-state index in [0.29, 0.717) is 16.6 Å². The maximum absolute atomic E-state index is 11.1. The maximum Gasteiger partial charge on any atom is 0.427 e. The summed E-state index contributed by atoms with van der Waals surface area (Å²) in [5.41, 5.74) is 5.25. The van der Waals surface area contributed by atoms with Crippen LogP contribution in [-0.2, 0) is 11.3 Å². The number of hydrazone groups is 1. The lowest BCUT2D eigenvalue weighted by molar-refractivity contribution is 0.171. The third kappa shape index (κ3) is 3.95. The molecule has 3 rings (SSSR count). The monoisotopic (exact) mass is 375 g/mol. The first-order valence-corrected chi connectivity index (χ1v) is 8.23. The Hall–Kier alpha value is -2.50. The van der Waals surface area contributed by atoms with Crippen LogP contribution in [0.25, 0.3) is 10.9 Å².